The second-order valence-corrected chi connectivity index (χ2v) is 11.0. The molecule has 0 aliphatic heterocycles. The van der Waals surface area contributed by atoms with Gasteiger partial charge in [0.25, 0.3) is 0 Å². The molecule has 27 heavy (non-hydrogen) atoms. The molecule has 2 saturated carbocycles. The third-order valence-electron chi connectivity index (χ3n) is 7.58. The Hall–Kier alpha value is -1.31. The Balaban J connectivity index is 1.86. The summed E-state index contributed by atoms with van der Waals surface area (Å²) < 4.78 is 41.3. The van der Waals surface area contributed by atoms with Gasteiger partial charge in [-0.2, -0.15) is 0 Å². The van der Waals surface area contributed by atoms with Gasteiger partial charge < -0.3 is 10.2 Å². The Morgan fingerprint density at radius 2 is 1.89 bits per heavy atom. The summed E-state index contributed by atoms with van der Waals surface area (Å²) in [6, 6.07) is 0. The quantitative estimate of drug-likeness (QED) is 0.706. The summed E-state index contributed by atoms with van der Waals surface area (Å²) in [7, 11) is -3.48. The van der Waals surface area contributed by atoms with E-state index in [1.807, 2.05) is 0 Å². The van der Waals surface area contributed by atoms with Gasteiger partial charge in [-0.25, -0.2) is 12.8 Å². The molecule has 0 saturated heterocycles. The average Bonchev–Trinajstić information content (AvgIpc) is 2.89. The van der Waals surface area contributed by atoms with Crippen molar-refractivity contribution in [2.75, 3.05) is 6.26 Å². The molecule has 0 aromatic carbocycles. The summed E-state index contributed by atoms with van der Waals surface area (Å²) in [4.78, 5) is 12.1. The highest BCUT2D eigenvalue weighted by Gasteiger charge is 2.71. The van der Waals surface area contributed by atoms with Crippen LogP contribution in [0, 0.1) is 22.7 Å². The van der Waals surface area contributed by atoms with Crippen LogP contribution in [0.3, 0.4) is 0 Å². The van der Waals surface area contributed by atoms with Crippen molar-refractivity contribution in [2.45, 2.75) is 51.0 Å². The topological polar surface area (TPSA) is 91.7 Å². The van der Waals surface area contributed by atoms with Crippen LogP contribution >= 0.6 is 0 Å². The predicted octanol–water partition coefficient (Wildman–Crippen LogP) is 1.87. The van der Waals surface area contributed by atoms with E-state index in [0.29, 0.717) is 12.0 Å². The van der Waals surface area contributed by atoms with Gasteiger partial charge in [0.05, 0.1) is 12.2 Å². The third kappa shape index (κ3) is 2.22. The molecule has 0 radical (unpaired) electrons. The van der Waals surface area contributed by atoms with Gasteiger partial charge in [0.1, 0.15) is 0 Å². The molecular formula is C20H25FO5S. The van der Waals surface area contributed by atoms with Gasteiger partial charge in [-0.1, -0.05) is 19.1 Å². The highest BCUT2D eigenvalue weighted by Crippen LogP contribution is 2.68. The minimum absolute atomic E-state index is 0.00960. The van der Waals surface area contributed by atoms with E-state index in [0.717, 1.165) is 6.26 Å². The van der Waals surface area contributed by atoms with Crippen molar-refractivity contribution in [1.29, 1.82) is 0 Å². The van der Waals surface area contributed by atoms with Crippen LogP contribution in [0.25, 0.3) is 0 Å². The van der Waals surface area contributed by atoms with Crippen molar-refractivity contribution in [2.24, 2.45) is 22.7 Å². The Morgan fingerprint density at radius 1 is 1.22 bits per heavy atom. The first kappa shape index (κ1) is 19.0. The monoisotopic (exact) mass is 396 g/mol. The molecule has 0 heterocycles. The van der Waals surface area contributed by atoms with Gasteiger partial charge in [0, 0.05) is 27.9 Å². The first-order valence-electron chi connectivity index (χ1n) is 9.26. The summed E-state index contributed by atoms with van der Waals surface area (Å²) >= 11 is 0. The third-order valence-corrected chi connectivity index (χ3v) is 9.01. The van der Waals surface area contributed by atoms with Crippen molar-refractivity contribution in [3.05, 3.63) is 34.8 Å². The molecule has 2 fully saturated rings. The number of halogens is 1. The maximum atomic E-state index is 16.7. The molecule has 0 aromatic rings. The Bertz CT molecular complexity index is 919. The molecule has 2 N–H and O–H groups in total. The van der Waals surface area contributed by atoms with E-state index in [9.17, 15) is 23.4 Å². The summed E-state index contributed by atoms with van der Waals surface area (Å²) in [6.07, 6.45) is 4.85. The summed E-state index contributed by atoms with van der Waals surface area (Å²) in [5.41, 5.74) is -3.96. The van der Waals surface area contributed by atoms with Crippen molar-refractivity contribution in [3.8, 4) is 0 Å². The number of rotatable bonds is 1. The zero-order chi connectivity index (χ0) is 20.0. The first-order valence-corrected chi connectivity index (χ1v) is 11.2. The lowest BCUT2D eigenvalue weighted by atomic mass is 9.45. The van der Waals surface area contributed by atoms with E-state index < -0.39 is 44.5 Å². The van der Waals surface area contributed by atoms with Crippen LogP contribution in [-0.2, 0) is 14.6 Å². The van der Waals surface area contributed by atoms with E-state index in [-0.39, 0.29) is 29.4 Å². The lowest BCUT2D eigenvalue weighted by Gasteiger charge is -2.62. The van der Waals surface area contributed by atoms with Gasteiger partial charge in [0.15, 0.2) is 21.3 Å². The van der Waals surface area contributed by atoms with Gasteiger partial charge in [-0.3, -0.25) is 4.79 Å². The zero-order valence-corrected chi connectivity index (χ0v) is 16.5. The number of aliphatic hydroxyl groups is 2. The highest BCUT2D eigenvalue weighted by molar-refractivity contribution is 7.94. The summed E-state index contributed by atoms with van der Waals surface area (Å²) in [6.45, 7) is 3.39. The van der Waals surface area contributed by atoms with E-state index in [2.05, 4.69) is 0 Å². The van der Waals surface area contributed by atoms with Gasteiger partial charge in [-0.15, -0.1) is 0 Å². The summed E-state index contributed by atoms with van der Waals surface area (Å²) in [5.74, 6) is -1.37. The molecule has 4 aliphatic carbocycles. The molecule has 0 unspecified atom stereocenters. The van der Waals surface area contributed by atoms with Crippen molar-refractivity contribution < 1.29 is 27.8 Å². The summed E-state index contributed by atoms with van der Waals surface area (Å²) in [5, 5.41) is 21.7. The van der Waals surface area contributed by atoms with Gasteiger partial charge in [-0.05, 0) is 49.8 Å². The molecular weight excluding hydrogens is 371 g/mol. The molecule has 7 atom stereocenters. The predicted molar refractivity (Wildman–Crippen MR) is 98.1 cm³/mol. The molecule has 0 amide bonds. The number of aliphatic hydroxyl groups excluding tert-OH is 2. The minimum Gasteiger partial charge on any atom is -0.390 e. The van der Waals surface area contributed by atoms with Crippen LogP contribution in [0.2, 0.25) is 0 Å². The number of hydrogen-bond acceptors (Lipinski definition) is 5. The lowest BCUT2D eigenvalue weighted by Crippen LogP contribution is -2.68. The van der Waals surface area contributed by atoms with Crippen LogP contribution in [0.1, 0.15) is 33.1 Å². The number of carbonyl (C=O) groups excluding carboxylic acids is 1. The average molecular weight is 396 g/mol. The van der Waals surface area contributed by atoms with Crippen LogP contribution in [-0.4, -0.2) is 48.5 Å². The van der Waals surface area contributed by atoms with Crippen LogP contribution in [0.4, 0.5) is 4.39 Å². The number of fused-ring (bicyclic) bond motifs is 5. The second-order valence-electron chi connectivity index (χ2n) is 8.98. The van der Waals surface area contributed by atoms with Crippen molar-refractivity contribution in [1.82, 2.24) is 0 Å². The number of hydrogen-bond donors (Lipinski definition) is 2. The highest BCUT2D eigenvalue weighted by atomic mass is 32.2. The molecule has 0 aromatic heterocycles. The maximum Gasteiger partial charge on any atom is 0.178 e. The van der Waals surface area contributed by atoms with Gasteiger partial charge in [0.2, 0.25) is 0 Å². The largest absolute Gasteiger partial charge is 0.390 e. The number of carbonyl (C=O) groups is 1. The fourth-order valence-electron chi connectivity index (χ4n) is 6.36. The Morgan fingerprint density at radius 3 is 2.52 bits per heavy atom. The van der Waals surface area contributed by atoms with Crippen LogP contribution in [0.5, 0.6) is 0 Å². The van der Waals surface area contributed by atoms with E-state index in [1.165, 1.54) is 18.2 Å². The molecule has 7 heteroatoms. The Labute approximate surface area is 158 Å². The standard InChI is InChI=1S/C20H25FO5S/c1-18-10-16(24)20(21)13(12(18)4-5-17(18)27(3,25)26)9-15(23)14-8-11(22)6-7-19(14,20)2/h5-8,12-13,15-16,23-24H,4,9-10H2,1-3H3/t12-,13-,15+,16-,18-,19-,20-/m0/s1. The zero-order valence-electron chi connectivity index (χ0n) is 15.6. The first-order chi connectivity index (χ1) is 12.4. The van der Waals surface area contributed by atoms with Gasteiger partial charge >= 0.3 is 0 Å². The van der Waals surface area contributed by atoms with E-state index >= 15 is 4.39 Å². The number of sulfone groups is 1. The maximum absolute atomic E-state index is 16.7. The number of allylic oxidation sites excluding steroid dienone is 5. The van der Waals surface area contributed by atoms with Crippen LogP contribution in [0.15, 0.2) is 34.8 Å². The number of alkyl halides is 1. The number of ketones is 1. The van der Waals surface area contributed by atoms with Crippen molar-refractivity contribution in [3.63, 3.8) is 0 Å². The van der Waals surface area contributed by atoms with Crippen LogP contribution < -0.4 is 0 Å². The molecule has 4 rings (SSSR count). The molecule has 148 valence electrons. The molecule has 0 bridgehead atoms. The second kappa shape index (κ2) is 5.39. The van der Waals surface area contributed by atoms with E-state index in [1.54, 1.807) is 19.9 Å². The molecule has 0 spiro atoms. The van der Waals surface area contributed by atoms with E-state index in [4.69, 9.17) is 0 Å². The fraction of sp³-hybridized carbons (Fsp3) is 0.650. The SMILES string of the molecule is C[C@]12C=CC(=O)C=C1[C@H](O)C[C@H]1[C@@H]3CC=C(S(C)(=O)=O)[C@@]3(C)C[C@H](O)[C@@]12F. The molecule has 4 aliphatic rings. The lowest BCUT2D eigenvalue weighted by molar-refractivity contribution is -0.195. The normalized spacial score (nSPS) is 49.0. The smallest absolute Gasteiger partial charge is 0.178 e. The Kier molecular flexibility index (Phi) is 3.80. The fourth-order valence-corrected chi connectivity index (χ4v) is 7.84. The molecule has 5 nitrogen and oxygen atoms in total. The van der Waals surface area contributed by atoms with Crippen molar-refractivity contribution >= 4 is 15.6 Å². The minimum atomic E-state index is -3.48.